The van der Waals surface area contributed by atoms with Gasteiger partial charge in [0.2, 0.25) is 5.91 Å². The number of methoxy groups -OCH3 is 3. The van der Waals surface area contributed by atoms with Crippen LogP contribution in [0.4, 0.5) is 0 Å². The van der Waals surface area contributed by atoms with Crippen LogP contribution in [0.5, 0.6) is 17.2 Å². The van der Waals surface area contributed by atoms with Gasteiger partial charge < -0.3 is 18.9 Å². The van der Waals surface area contributed by atoms with E-state index in [4.69, 9.17) is 18.9 Å². The smallest absolute Gasteiger partial charge is 0.342 e. The van der Waals surface area contributed by atoms with E-state index in [-0.39, 0.29) is 17.2 Å². The van der Waals surface area contributed by atoms with Crippen molar-refractivity contribution in [3.8, 4) is 17.2 Å². The molecule has 0 atom stereocenters. The molecule has 8 nitrogen and oxygen atoms in total. The van der Waals surface area contributed by atoms with Crippen molar-refractivity contribution in [2.45, 2.75) is 13.8 Å². The van der Waals surface area contributed by atoms with Crippen LogP contribution in [0.2, 0.25) is 0 Å². The minimum Gasteiger partial charge on any atom is -0.496 e. The number of esters is 1. The molecule has 1 N–H and O–H groups in total. The number of amides is 2. The predicted molar refractivity (Wildman–Crippen MR) is 84.4 cm³/mol. The Labute approximate surface area is 140 Å². The summed E-state index contributed by atoms with van der Waals surface area (Å²) in [5.74, 6) is -1.40. The van der Waals surface area contributed by atoms with Gasteiger partial charge in [0.25, 0.3) is 5.91 Å². The van der Waals surface area contributed by atoms with E-state index in [1.54, 1.807) is 13.8 Å². The predicted octanol–water partition coefficient (Wildman–Crippen LogP) is 1.17. The maximum atomic E-state index is 12.2. The zero-order chi connectivity index (χ0) is 18.3. The van der Waals surface area contributed by atoms with Crippen LogP contribution in [0.3, 0.4) is 0 Å². The van der Waals surface area contributed by atoms with Gasteiger partial charge in [-0.3, -0.25) is 14.9 Å². The number of imide groups is 1. The normalized spacial score (nSPS) is 10.1. The van der Waals surface area contributed by atoms with Crippen molar-refractivity contribution in [2.75, 3.05) is 27.9 Å². The van der Waals surface area contributed by atoms with Crippen molar-refractivity contribution in [3.63, 3.8) is 0 Å². The zero-order valence-corrected chi connectivity index (χ0v) is 14.3. The SMILES string of the molecule is COc1cc(OC)c(C(=O)OCC(=O)NC(=O)C(C)C)cc1OC. The molecule has 0 heterocycles. The van der Waals surface area contributed by atoms with Gasteiger partial charge in [0.15, 0.2) is 18.1 Å². The van der Waals surface area contributed by atoms with Crippen molar-refractivity contribution < 1.29 is 33.3 Å². The third kappa shape index (κ3) is 4.87. The lowest BCUT2D eigenvalue weighted by Gasteiger charge is -2.13. The van der Waals surface area contributed by atoms with Crippen LogP contribution < -0.4 is 19.5 Å². The monoisotopic (exact) mass is 339 g/mol. The minimum atomic E-state index is -0.792. The number of ether oxygens (including phenoxy) is 4. The van der Waals surface area contributed by atoms with Crippen LogP contribution >= 0.6 is 0 Å². The van der Waals surface area contributed by atoms with E-state index in [0.29, 0.717) is 11.5 Å². The fourth-order valence-corrected chi connectivity index (χ4v) is 1.72. The van der Waals surface area contributed by atoms with E-state index in [0.717, 1.165) is 0 Å². The third-order valence-electron chi connectivity index (χ3n) is 3.05. The molecule has 0 spiro atoms. The first-order chi connectivity index (χ1) is 11.3. The van der Waals surface area contributed by atoms with Gasteiger partial charge >= 0.3 is 5.97 Å². The first-order valence-electron chi connectivity index (χ1n) is 7.14. The Morgan fingerprint density at radius 3 is 2.00 bits per heavy atom. The highest BCUT2D eigenvalue weighted by atomic mass is 16.5. The maximum absolute atomic E-state index is 12.2. The molecule has 1 aromatic carbocycles. The van der Waals surface area contributed by atoms with Crippen LogP contribution in [0.1, 0.15) is 24.2 Å². The minimum absolute atomic E-state index is 0.0677. The quantitative estimate of drug-likeness (QED) is 0.744. The average molecular weight is 339 g/mol. The molecule has 0 fully saturated rings. The molecule has 24 heavy (non-hydrogen) atoms. The number of nitrogens with one attached hydrogen (secondary N) is 1. The molecule has 0 bridgehead atoms. The van der Waals surface area contributed by atoms with Crippen LogP contribution in [0, 0.1) is 5.92 Å². The Morgan fingerprint density at radius 2 is 1.50 bits per heavy atom. The first kappa shape index (κ1) is 19.3. The van der Waals surface area contributed by atoms with E-state index >= 15 is 0 Å². The fourth-order valence-electron chi connectivity index (χ4n) is 1.72. The van der Waals surface area contributed by atoms with Crippen molar-refractivity contribution in [3.05, 3.63) is 17.7 Å². The first-order valence-corrected chi connectivity index (χ1v) is 7.14. The maximum Gasteiger partial charge on any atom is 0.342 e. The molecule has 0 aliphatic heterocycles. The molecule has 0 aliphatic carbocycles. The fraction of sp³-hybridized carbons (Fsp3) is 0.438. The lowest BCUT2D eigenvalue weighted by atomic mass is 10.1. The van der Waals surface area contributed by atoms with Crippen LogP contribution in [0.15, 0.2) is 12.1 Å². The van der Waals surface area contributed by atoms with Crippen molar-refractivity contribution in [1.82, 2.24) is 5.32 Å². The van der Waals surface area contributed by atoms with Gasteiger partial charge in [0.05, 0.1) is 21.3 Å². The summed E-state index contributed by atoms with van der Waals surface area (Å²) in [6, 6.07) is 2.86. The summed E-state index contributed by atoms with van der Waals surface area (Å²) in [4.78, 5) is 35.1. The summed E-state index contributed by atoms with van der Waals surface area (Å²) in [6.45, 7) is 2.70. The number of carbonyl (C=O) groups excluding carboxylic acids is 3. The number of carbonyl (C=O) groups is 3. The molecule has 8 heteroatoms. The lowest BCUT2D eigenvalue weighted by Crippen LogP contribution is -2.36. The second kappa shape index (κ2) is 8.76. The summed E-state index contributed by atoms with van der Waals surface area (Å²) in [5, 5.41) is 2.12. The molecule has 1 rings (SSSR count). The topological polar surface area (TPSA) is 100 Å². The van der Waals surface area contributed by atoms with E-state index < -0.39 is 24.4 Å². The van der Waals surface area contributed by atoms with Crippen molar-refractivity contribution in [1.29, 1.82) is 0 Å². The Balaban J connectivity index is 2.84. The Kier molecular flexibility index (Phi) is 7.03. The van der Waals surface area contributed by atoms with Gasteiger partial charge in [-0.15, -0.1) is 0 Å². The van der Waals surface area contributed by atoms with Crippen LogP contribution in [-0.4, -0.2) is 45.7 Å². The average Bonchev–Trinajstić information content (AvgIpc) is 2.57. The molecular weight excluding hydrogens is 318 g/mol. The van der Waals surface area contributed by atoms with Crippen LogP contribution in [0.25, 0.3) is 0 Å². The third-order valence-corrected chi connectivity index (χ3v) is 3.05. The molecule has 0 saturated heterocycles. The van der Waals surface area contributed by atoms with E-state index in [9.17, 15) is 14.4 Å². The molecule has 2 amide bonds. The number of hydrogen-bond acceptors (Lipinski definition) is 7. The number of benzene rings is 1. The van der Waals surface area contributed by atoms with Crippen LogP contribution in [-0.2, 0) is 14.3 Å². The molecule has 132 valence electrons. The summed E-state index contributed by atoms with van der Waals surface area (Å²) in [6.07, 6.45) is 0. The van der Waals surface area contributed by atoms with Crippen molar-refractivity contribution in [2.24, 2.45) is 5.92 Å². The van der Waals surface area contributed by atoms with Gasteiger partial charge in [0.1, 0.15) is 11.3 Å². The molecule has 0 aromatic heterocycles. The number of hydrogen-bond donors (Lipinski definition) is 1. The summed E-state index contributed by atoms with van der Waals surface area (Å²) >= 11 is 0. The second-order valence-electron chi connectivity index (χ2n) is 5.05. The van der Waals surface area contributed by atoms with Gasteiger partial charge in [-0.2, -0.15) is 0 Å². The molecule has 0 aliphatic rings. The highest BCUT2D eigenvalue weighted by molar-refractivity contribution is 5.99. The summed E-state index contributed by atoms with van der Waals surface area (Å²) in [5.41, 5.74) is 0.0677. The molecular formula is C16H21NO7. The Hall–Kier alpha value is -2.77. The van der Waals surface area contributed by atoms with Gasteiger partial charge in [-0.05, 0) is 0 Å². The summed E-state index contributed by atoms with van der Waals surface area (Å²) in [7, 11) is 4.25. The second-order valence-corrected chi connectivity index (χ2v) is 5.05. The highest BCUT2D eigenvalue weighted by Gasteiger charge is 2.20. The highest BCUT2D eigenvalue weighted by Crippen LogP contribution is 2.34. The Morgan fingerprint density at radius 1 is 0.958 bits per heavy atom. The molecule has 1 aromatic rings. The summed E-state index contributed by atoms with van der Waals surface area (Å²) < 4.78 is 20.3. The zero-order valence-electron chi connectivity index (χ0n) is 14.3. The van der Waals surface area contributed by atoms with E-state index in [2.05, 4.69) is 5.32 Å². The molecule has 0 unspecified atom stereocenters. The molecule has 0 radical (unpaired) electrons. The van der Waals surface area contributed by atoms with E-state index in [1.807, 2.05) is 0 Å². The Bertz CT molecular complexity index is 625. The van der Waals surface area contributed by atoms with E-state index in [1.165, 1.54) is 33.5 Å². The van der Waals surface area contributed by atoms with Crippen molar-refractivity contribution >= 4 is 17.8 Å². The van der Waals surface area contributed by atoms with Gasteiger partial charge in [-0.1, -0.05) is 13.8 Å². The standard InChI is InChI=1S/C16H21NO7/c1-9(2)15(19)17-14(18)8-24-16(20)10-6-12(22-4)13(23-5)7-11(10)21-3/h6-7,9H,8H2,1-5H3,(H,17,18,19). The number of rotatable bonds is 7. The van der Waals surface area contributed by atoms with Gasteiger partial charge in [-0.25, -0.2) is 4.79 Å². The lowest BCUT2D eigenvalue weighted by molar-refractivity contribution is -0.133. The molecule has 0 saturated carbocycles. The largest absolute Gasteiger partial charge is 0.496 e. The van der Waals surface area contributed by atoms with Gasteiger partial charge in [0, 0.05) is 18.1 Å².